The molecule has 1 aliphatic heterocycles. The molecule has 24 heavy (non-hydrogen) atoms. The largest absolute Gasteiger partial charge is 0.329 e. The van der Waals surface area contributed by atoms with Crippen molar-refractivity contribution in [2.75, 3.05) is 52.4 Å². The Kier molecular flexibility index (Phi) is 11.1. The highest BCUT2D eigenvalue weighted by Crippen LogP contribution is 2.09. The predicted octanol–water partition coefficient (Wildman–Crippen LogP) is 0.693. The van der Waals surface area contributed by atoms with Gasteiger partial charge in [-0.3, -0.25) is 9.80 Å². The third-order valence-electron chi connectivity index (χ3n) is 3.96. The molecule has 1 aromatic rings. The molecule has 3 N–H and O–H groups in total. The molecule has 2 rings (SSSR count). The number of nitrogens with zero attached hydrogens (tertiary/aromatic N) is 2. The molecule has 1 aromatic carbocycles. The summed E-state index contributed by atoms with van der Waals surface area (Å²) in [6, 6.07) is 6.91. The van der Waals surface area contributed by atoms with E-state index in [2.05, 4.69) is 14.5 Å². The second-order valence-electron chi connectivity index (χ2n) is 5.68. The zero-order valence-electron chi connectivity index (χ0n) is 14.0. The summed E-state index contributed by atoms with van der Waals surface area (Å²) < 4.78 is 27.0. The Bertz CT molecular complexity index is 561. The van der Waals surface area contributed by atoms with E-state index in [0.29, 0.717) is 18.0 Å². The van der Waals surface area contributed by atoms with Gasteiger partial charge in [0.1, 0.15) is 0 Å². The van der Waals surface area contributed by atoms with Gasteiger partial charge in [-0.25, -0.2) is 13.1 Å². The van der Waals surface area contributed by atoms with Crippen LogP contribution >= 0.6 is 24.8 Å². The van der Waals surface area contributed by atoms with Crippen molar-refractivity contribution in [3.63, 3.8) is 0 Å². The Morgan fingerprint density at radius 3 is 2.00 bits per heavy atom. The van der Waals surface area contributed by atoms with Crippen LogP contribution in [0.4, 0.5) is 0 Å². The number of aryl methyl sites for hydroxylation is 1. The van der Waals surface area contributed by atoms with E-state index in [-0.39, 0.29) is 24.8 Å². The Hall–Kier alpha value is -0.410. The molecule has 0 aliphatic carbocycles. The summed E-state index contributed by atoms with van der Waals surface area (Å²) in [6.45, 7) is 8.68. The fourth-order valence-corrected chi connectivity index (χ4v) is 3.58. The molecule has 6 nitrogen and oxygen atoms in total. The van der Waals surface area contributed by atoms with E-state index >= 15 is 0 Å². The molecule has 1 heterocycles. The van der Waals surface area contributed by atoms with Crippen molar-refractivity contribution in [3.8, 4) is 0 Å². The molecule has 9 heteroatoms. The lowest BCUT2D eigenvalue weighted by molar-refractivity contribution is 0.137. The zero-order chi connectivity index (χ0) is 16.0. The first-order chi connectivity index (χ1) is 10.5. The van der Waals surface area contributed by atoms with Crippen molar-refractivity contribution in [2.24, 2.45) is 5.73 Å². The Morgan fingerprint density at radius 1 is 1.00 bits per heavy atom. The van der Waals surface area contributed by atoms with E-state index in [1.807, 2.05) is 19.1 Å². The van der Waals surface area contributed by atoms with Crippen molar-refractivity contribution in [1.82, 2.24) is 14.5 Å². The van der Waals surface area contributed by atoms with Crippen LogP contribution in [0.1, 0.15) is 5.56 Å². The zero-order valence-corrected chi connectivity index (χ0v) is 16.4. The number of hydrogen-bond acceptors (Lipinski definition) is 5. The number of nitrogens with one attached hydrogen (secondary N) is 1. The number of piperazine rings is 1. The fraction of sp³-hybridized carbons (Fsp3) is 0.600. The van der Waals surface area contributed by atoms with Crippen LogP contribution in [0.5, 0.6) is 0 Å². The van der Waals surface area contributed by atoms with E-state index in [0.717, 1.165) is 44.8 Å². The highest BCUT2D eigenvalue weighted by molar-refractivity contribution is 7.89. The SMILES string of the molecule is Cc1ccc(S(=O)(=O)NCCN2CCN(CCN)CC2)cc1.Cl.Cl. The molecule has 0 bridgehead atoms. The van der Waals surface area contributed by atoms with Crippen LogP contribution in [0.25, 0.3) is 0 Å². The van der Waals surface area contributed by atoms with Crippen molar-refractivity contribution in [1.29, 1.82) is 0 Å². The minimum Gasteiger partial charge on any atom is -0.329 e. The molecule has 0 spiro atoms. The first-order valence-electron chi connectivity index (χ1n) is 7.72. The maximum atomic E-state index is 12.2. The highest BCUT2D eigenvalue weighted by atomic mass is 35.5. The number of benzene rings is 1. The summed E-state index contributed by atoms with van der Waals surface area (Å²) in [5.41, 5.74) is 6.60. The Labute approximate surface area is 157 Å². The van der Waals surface area contributed by atoms with Gasteiger partial charge in [0.05, 0.1) is 4.90 Å². The number of nitrogens with two attached hydrogens (primary N) is 1. The summed E-state index contributed by atoms with van der Waals surface area (Å²) in [4.78, 5) is 4.95. The normalized spacial score (nSPS) is 16.2. The second-order valence-corrected chi connectivity index (χ2v) is 7.45. The van der Waals surface area contributed by atoms with Crippen LogP contribution in [-0.2, 0) is 10.0 Å². The molecule has 0 unspecified atom stereocenters. The average molecular weight is 399 g/mol. The van der Waals surface area contributed by atoms with Gasteiger partial charge < -0.3 is 5.73 Å². The molecule has 0 radical (unpaired) electrons. The molecule has 0 amide bonds. The van der Waals surface area contributed by atoms with Crippen LogP contribution in [0.3, 0.4) is 0 Å². The molecular formula is C15H28Cl2N4O2S. The monoisotopic (exact) mass is 398 g/mol. The molecular weight excluding hydrogens is 371 g/mol. The Balaban J connectivity index is 0.00000264. The summed E-state index contributed by atoms with van der Waals surface area (Å²) in [5.74, 6) is 0. The fourth-order valence-electron chi connectivity index (χ4n) is 2.56. The number of sulfonamides is 1. The first-order valence-corrected chi connectivity index (χ1v) is 9.21. The lowest BCUT2D eigenvalue weighted by Gasteiger charge is -2.34. The number of halogens is 2. The minimum atomic E-state index is -3.40. The smallest absolute Gasteiger partial charge is 0.240 e. The van der Waals surface area contributed by atoms with Crippen LogP contribution in [0.2, 0.25) is 0 Å². The van der Waals surface area contributed by atoms with Gasteiger partial charge in [-0.05, 0) is 19.1 Å². The van der Waals surface area contributed by atoms with Gasteiger partial charge in [0, 0.05) is 52.4 Å². The Morgan fingerprint density at radius 2 is 1.50 bits per heavy atom. The quantitative estimate of drug-likeness (QED) is 0.706. The van der Waals surface area contributed by atoms with Crippen LogP contribution in [0.15, 0.2) is 29.2 Å². The van der Waals surface area contributed by atoms with Gasteiger partial charge in [0.25, 0.3) is 0 Å². The highest BCUT2D eigenvalue weighted by Gasteiger charge is 2.17. The number of hydrogen-bond donors (Lipinski definition) is 2. The summed E-state index contributed by atoms with van der Waals surface area (Å²) in [6.07, 6.45) is 0. The van der Waals surface area contributed by atoms with Gasteiger partial charge >= 0.3 is 0 Å². The van der Waals surface area contributed by atoms with Gasteiger partial charge in [0.15, 0.2) is 0 Å². The first kappa shape index (κ1) is 23.6. The standard InChI is InChI=1S/C15H26N4O2S.2ClH/c1-14-2-4-15(5-3-14)22(20,21)17-7-9-19-12-10-18(8-6-16)11-13-19;;/h2-5,17H,6-13,16H2,1H3;2*1H. The lowest BCUT2D eigenvalue weighted by Crippen LogP contribution is -2.49. The third-order valence-corrected chi connectivity index (χ3v) is 5.44. The minimum absolute atomic E-state index is 0. The molecule has 1 aliphatic rings. The van der Waals surface area contributed by atoms with E-state index in [4.69, 9.17) is 5.73 Å². The van der Waals surface area contributed by atoms with E-state index < -0.39 is 10.0 Å². The van der Waals surface area contributed by atoms with Crippen molar-refractivity contribution in [2.45, 2.75) is 11.8 Å². The van der Waals surface area contributed by atoms with Gasteiger partial charge in [-0.2, -0.15) is 0 Å². The third kappa shape index (κ3) is 7.23. The topological polar surface area (TPSA) is 78.7 Å². The van der Waals surface area contributed by atoms with Crippen molar-refractivity contribution in [3.05, 3.63) is 29.8 Å². The number of rotatable bonds is 7. The molecule has 0 atom stereocenters. The maximum absolute atomic E-state index is 12.2. The second kappa shape index (κ2) is 11.3. The van der Waals surface area contributed by atoms with Crippen LogP contribution in [-0.4, -0.2) is 70.6 Å². The summed E-state index contributed by atoms with van der Waals surface area (Å²) in [5, 5.41) is 0. The summed E-state index contributed by atoms with van der Waals surface area (Å²) >= 11 is 0. The van der Waals surface area contributed by atoms with E-state index in [1.54, 1.807) is 12.1 Å². The molecule has 0 aromatic heterocycles. The van der Waals surface area contributed by atoms with Gasteiger partial charge in [0.2, 0.25) is 10.0 Å². The van der Waals surface area contributed by atoms with Gasteiger partial charge in [-0.1, -0.05) is 17.7 Å². The van der Waals surface area contributed by atoms with Gasteiger partial charge in [-0.15, -0.1) is 24.8 Å². The predicted molar refractivity (Wildman–Crippen MR) is 103 cm³/mol. The average Bonchev–Trinajstić information content (AvgIpc) is 2.50. The van der Waals surface area contributed by atoms with Crippen LogP contribution in [0, 0.1) is 6.92 Å². The van der Waals surface area contributed by atoms with E-state index in [9.17, 15) is 8.42 Å². The summed E-state index contributed by atoms with van der Waals surface area (Å²) in [7, 11) is -3.40. The van der Waals surface area contributed by atoms with E-state index in [1.165, 1.54) is 0 Å². The van der Waals surface area contributed by atoms with Crippen molar-refractivity contribution >= 4 is 34.8 Å². The molecule has 1 saturated heterocycles. The molecule has 140 valence electrons. The molecule has 0 saturated carbocycles. The van der Waals surface area contributed by atoms with Crippen LogP contribution < -0.4 is 10.5 Å². The van der Waals surface area contributed by atoms with Crippen molar-refractivity contribution < 1.29 is 8.42 Å². The lowest BCUT2D eigenvalue weighted by atomic mass is 10.2. The molecule has 1 fully saturated rings. The maximum Gasteiger partial charge on any atom is 0.240 e.